The molecular formula is C16H23BrClN3O2. The van der Waals surface area contributed by atoms with E-state index >= 15 is 0 Å². The Morgan fingerprint density at radius 3 is 2.48 bits per heavy atom. The highest BCUT2D eigenvalue weighted by molar-refractivity contribution is 9.10. The number of amides is 2. The van der Waals surface area contributed by atoms with E-state index in [-0.39, 0.29) is 42.6 Å². The maximum absolute atomic E-state index is 11.8. The summed E-state index contributed by atoms with van der Waals surface area (Å²) in [6, 6.07) is 7.51. The summed E-state index contributed by atoms with van der Waals surface area (Å²) in [5.41, 5.74) is 6.70. The summed E-state index contributed by atoms with van der Waals surface area (Å²) in [6.07, 6.45) is 3.87. The number of hydrogen-bond acceptors (Lipinski definition) is 3. The molecule has 0 heterocycles. The van der Waals surface area contributed by atoms with E-state index in [4.69, 9.17) is 5.73 Å². The van der Waals surface area contributed by atoms with Crippen LogP contribution in [0.5, 0.6) is 0 Å². The molecule has 0 radical (unpaired) electrons. The topological polar surface area (TPSA) is 84.2 Å². The summed E-state index contributed by atoms with van der Waals surface area (Å²) in [4.78, 5) is 23.6. The standard InChI is InChI=1S/C16H22BrN3O2.ClH/c17-12-4-6-13(7-5-12)20-15(21)8-9-19-16(22)10-11-2-1-3-14(11)18;/h4-7,11,14H,1-3,8-10,18H2,(H,19,22)(H,20,21);1H/t11-,14+;/m0./s1. The van der Waals surface area contributed by atoms with Crippen LogP contribution in [-0.2, 0) is 9.59 Å². The van der Waals surface area contributed by atoms with E-state index in [9.17, 15) is 9.59 Å². The summed E-state index contributed by atoms with van der Waals surface area (Å²) >= 11 is 3.34. The summed E-state index contributed by atoms with van der Waals surface area (Å²) in [5, 5.41) is 5.59. The zero-order chi connectivity index (χ0) is 15.9. The number of anilines is 1. The fraction of sp³-hybridized carbons (Fsp3) is 0.500. The van der Waals surface area contributed by atoms with E-state index in [1.165, 1.54) is 0 Å². The Bertz CT molecular complexity index is 525. The number of carbonyl (C=O) groups is 2. The Kier molecular flexibility index (Phi) is 8.58. The normalized spacial score (nSPS) is 19.7. The van der Waals surface area contributed by atoms with Crippen molar-refractivity contribution in [2.75, 3.05) is 11.9 Å². The van der Waals surface area contributed by atoms with Gasteiger partial charge in [-0.3, -0.25) is 9.59 Å². The van der Waals surface area contributed by atoms with Crippen LogP contribution in [0, 0.1) is 5.92 Å². The van der Waals surface area contributed by atoms with Crippen LogP contribution in [-0.4, -0.2) is 24.4 Å². The van der Waals surface area contributed by atoms with Gasteiger partial charge < -0.3 is 16.4 Å². The van der Waals surface area contributed by atoms with Crippen LogP contribution in [0.4, 0.5) is 5.69 Å². The third-order valence-electron chi connectivity index (χ3n) is 3.97. The van der Waals surface area contributed by atoms with Gasteiger partial charge in [0.1, 0.15) is 0 Å². The predicted molar refractivity (Wildman–Crippen MR) is 97.6 cm³/mol. The minimum atomic E-state index is -0.111. The lowest BCUT2D eigenvalue weighted by atomic mass is 10.00. The fourth-order valence-corrected chi connectivity index (χ4v) is 2.97. The Hall–Kier alpha value is -1.11. The quantitative estimate of drug-likeness (QED) is 0.681. The van der Waals surface area contributed by atoms with Crippen molar-refractivity contribution in [3.05, 3.63) is 28.7 Å². The smallest absolute Gasteiger partial charge is 0.226 e. The van der Waals surface area contributed by atoms with Gasteiger partial charge in [0, 0.05) is 35.6 Å². The van der Waals surface area contributed by atoms with Crippen molar-refractivity contribution in [2.24, 2.45) is 11.7 Å². The monoisotopic (exact) mass is 403 g/mol. The minimum Gasteiger partial charge on any atom is -0.356 e. The van der Waals surface area contributed by atoms with Crippen LogP contribution < -0.4 is 16.4 Å². The van der Waals surface area contributed by atoms with Gasteiger partial charge in [0.15, 0.2) is 0 Å². The molecule has 2 rings (SSSR count). The molecular weight excluding hydrogens is 382 g/mol. The number of halogens is 2. The molecule has 0 saturated heterocycles. The van der Waals surface area contributed by atoms with Crippen molar-refractivity contribution >= 4 is 45.8 Å². The Morgan fingerprint density at radius 1 is 1.17 bits per heavy atom. The lowest BCUT2D eigenvalue weighted by molar-refractivity contribution is -0.122. The highest BCUT2D eigenvalue weighted by Gasteiger charge is 2.25. The van der Waals surface area contributed by atoms with Crippen molar-refractivity contribution in [3.8, 4) is 0 Å². The molecule has 2 atom stereocenters. The van der Waals surface area contributed by atoms with Crippen molar-refractivity contribution < 1.29 is 9.59 Å². The van der Waals surface area contributed by atoms with Crippen molar-refractivity contribution in [1.82, 2.24) is 5.32 Å². The number of hydrogen-bond donors (Lipinski definition) is 3. The maximum atomic E-state index is 11.8. The highest BCUT2D eigenvalue weighted by Crippen LogP contribution is 2.26. The van der Waals surface area contributed by atoms with Crippen LogP contribution in [0.1, 0.15) is 32.1 Å². The molecule has 23 heavy (non-hydrogen) atoms. The molecule has 1 aromatic carbocycles. The second kappa shape index (κ2) is 9.90. The van der Waals surface area contributed by atoms with Gasteiger partial charge in [-0.15, -0.1) is 12.4 Å². The first kappa shape index (κ1) is 19.9. The fourth-order valence-electron chi connectivity index (χ4n) is 2.70. The van der Waals surface area contributed by atoms with Gasteiger partial charge in [0.2, 0.25) is 11.8 Å². The predicted octanol–water partition coefficient (Wildman–Crippen LogP) is 2.83. The third kappa shape index (κ3) is 6.89. The first-order valence-corrected chi connectivity index (χ1v) is 8.41. The molecule has 1 fully saturated rings. The van der Waals surface area contributed by atoms with E-state index in [0.29, 0.717) is 13.0 Å². The van der Waals surface area contributed by atoms with Crippen LogP contribution in [0.3, 0.4) is 0 Å². The zero-order valence-electron chi connectivity index (χ0n) is 12.9. The molecule has 1 aliphatic carbocycles. The molecule has 2 amide bonds. The van der Waals surface area contributed by atoms with Crippen LogP contribution in [0.2, 0.25) is 0 Å². The number of benzene rings is 1. The molecule has 0 unspecified atom stereocenters. The molecule has 7 heteroatoms. The van der Waals surface area contributed by atoms with Crippen molar-refractivity contribution in [1.29, 1.82) is 0 Å². The van der Waals surface area contributed by atoms with Crippen molar-refractivity contribution in [2.45, 2.75) is 38.1 Å². The second-order valence-corrected chi connectivity index (χ2v) is 6.63. The van der Waals surface area contributed by atoms with Crippen LogP contribution >= 0.6 is 28.3 Å². The second-order valence-electron chi connectivity index (χ2n) is 5.71. The van der Waals surface area contributed by atoms with Gasteiger partial charge >= 0.3 is 0 Å². The molecule has 0 aromatic heterocycles. The van der Waals surface area contributed by atoms with E-state index < -0.39 is 0 Å². The first-order chi connectivity index (χ1) is 10.5. The van der Waals surface area contributed by atoms with Crippen LogP contribution in [0.15, 0.2) is 28.7 Å². The lowest BCUT2D eigenvalue weighted by Gasteiger charge is -2.14. The molecule has 0 spiro atoms. The molecule has 1 aromatic rings. The van der Waals surface area contributed by atoms with E-state index in [1.54, 1.807) is 0 Å². The van der Waals surface area contributed by atoms with Gasteiger partial charge in [-0.25, -0.2) is 0 Å². The third-order valence-corrected chi connectivity index (χ3v) is 4.50. The molecule has 0 bridgehead atoms. The largest absolute Gasteiger partial charge is 0.356 e. The van der Waals surface area contributed by atoms with Gasteiger partial charge in [0.05, 0.1) is 0 Å². The molecule has 4 N–H and O–H groups in total. The molecule has 1 aliphatic rings. The summed E-state index contributed by atoms with van der Waals surface area (Å²) < 4.78 is 0.961. The Balaban J connectivity index is 0.00000264. The number of carbonyl (C=O) groups excluding carboxylic acids is 2. The Morgan fingerprint density at radius 2 is 1.87 bits per heavy atom. The summed E-state index contributed by atoms with van der Waals surface area (Å²) in [6.45, 7) is 0.350. The van der Waals surface area contributed by atoms with E-state index in [0.717, 1.165) is 29.4 Å². The van der Waals surface area contributed by atoms with E-state index in [1.807, 2.05) is 24.3 Å². The average Bonchev–Trinajstić information content (AvgIpc) is 2.87. The highest BCUT2D eigenvalue weighted by atomic mass is 79.9. The SMILES string of the molecule is Cl.N[C@@H]1CCC[C@H]1CC(=O)NCCC(=O)Nc1ccc(Br)cc1. The Labute approximate surface area is 151 Å². The van der Waals surface area contributed by atoms with Gasteiger partial charge in [-0.1, -0.05) is 22.4 Å². The number of rotatable bonds is 6. The molecule has 1 saturated carbocycles. The lowest BCUT2D eigenvalue weighted by Crippen LogP contribution is -2.33. The molecule has 128 valence electrons. The van der Waals surface area contributed by atoms with Crippen LogP contribution in [0.25, 0.3) is 0 Å². The average molecular weight is 405 g/mol. The van der Waals surface area contributed by atoms with Gasteiger partial charge in [-0.2, -0.15) is 0 Å². The van der Waals surface area contributed by atoms with Crippen molar-refractivity contribution in [3.63, 3.8) is 0 Å². The molecule has 5 nitrogen and oxygen atoms in total. The molecule has 0 aliphatic heterocycles. The van der Waals surface area contributed by atoms with E-state index in [2.05, 4.69) is 26.6 Å². The minimum absolute atomic E-state index is 0. The van der Waals surface area contributed by atoms with Gasteiger partial charge in [-0.05, 0) is 43.0 Å². The number of nitrogens with two attached hydrogens (primary N) is 1. The summed E-state index contributed by atoms with van der Waals surface area (Å²) in [5.74, 6) is 0.163. The van der Waals surface area contributed by atoms with Gasteiger partial charge in [0.25, 0.3) is 0 Å². The summed E-state index contributed by atoms with van der Waals surface area (Å²) in [7, 11) is 0. The number of nitrogens with one attached hydrogen (secondary N) is 2. The zero-order valence-corrected chi connectivity index (χ0v) is 15.3. The maximum Gasteiger partial charge on any atom is 0.226 e. The first-order valence-electron chi connectivity index (χ1n) is 7.62.